The zero-order chi connectivity index (χ0) is 28.3. The highest BCUT2D eigenvalue weighted by molar-refractivity contribution is 6.04. The van der Waals surface area contributed by atoms with Crippen molar-refractivity contribution in [3.63, 3.8) is 0 Å². The Hall–Kier alpha value is -3.80. The molecule has 2 aromatic heterocycles. The lowest BCUT2D eigenvalue weighted by molar-refractivity contribution is -0.153. The van der Waals surface area contributed by atoms with Gasteiger partial charge in [-0.1, -0.05) is 19.1 Å². The van der Waals surface area contributed by atoms with E-state index in [1.54, 1.807) is 26.3 Å². The molecule has 0 aliphatic carbocycles. The minimum Gasteiger partial charge on any atom is -0.497 e. The van der Waals surface area contributed by atoms with E-state index in [4.69, 9.17) is 19.6 Å². The first kappa shape index (κ1) is 28.2. The Morgan fingerprint density at radius 3 is 2.54 bits per heavy atom. The first-order valence-corrected chi connectivity index (χ1v) is 12.6. The standard InChI is InChI=1S/C27H31F3N4O5/c1-4-21-19(16-6-5-7-18(12-16)38-3)13-20-24(39-15-27(28,29)30)23(33(2)25(20)32-21)26(37)31-17-8-10-34(11-9-17)22(36)14-35/h5-7,12-13,17,35H,4,8-11,14-15H2,1-3H3,(H,31,37). The van der Waals surface area contributed by atoms with Crippen LogP contribution in [-0.4, -0.2) is 77.0 Å². The van der Waals surface area contributed by atoms with Crippen molar-refractivity contribution >= 4 is 22.8 Å². The van der Waals surface area contributed by atoms with E-state index in [1.165, 1.54) is 9.47 Å². The number of likely N-dealkylation sites (tertiary alicyclic amines) is 1. The molecule has 39 heavy (non-hydrogen) atoms. The molecule has 1 aliphatic heterocycles. The number of aliphatic hydroxyl groups is 1. The minimum atomic E-state index is -4.62. The predicted octanol–water partition coefficient (Wildman–Crippen LogP) is 3.47. The second-order valence-electron chi connectivity index (χ2n) is 9.37. The van der Waals surface area contributed by atoms with E-state index in [1.807, 2.05) is 25.1 Å². The number of pyridine rings is 1. The van der Waals surface area contributed by atoms with Gasteiger partial charge in [0.1, 0.15) is 18.0 Å². The number of alkyl halides is 3. The minimum absolute atomic E-state index is 0.0690. The number of aromatic nitrogens is 2. The van der Waals surface area contributed by atoms with Gasteiger partial charge in [-0.15, -0.1) is 0 Å². The predicted molar refractivity (Wildman–Crippen MR) is 138 cm³/mol. The molecule has 3 aromatic rings. The summed E-state index contributed by atoms with van der Waals surface area (Å²) < 4.78 is 51.7. The fourth-order valence-corrected chi connectivity index (χ4v) is 4.84. The second-order valence-corrected chi connectivity index (χ2v) is 9.37. The number of nitrogens with one attached hydrogen (secondary N) is 1. The number of ether oxygens (including phenoxy) is 2. The topological polar surface area (TPSA) is 106 Å². The molecule has 2 N–H and O–H groups in total. The first-order chi connectivity index (χ1) is 18.6. The van der Waals surface area contributed by atoms with Crippen molar-refractivity contribution in [2.45, 2.75) is 38.4 Å². The van der Waals surface area contributed by atoms with Crippen molar-refractivity contribution in [1.29, 1.82) is 0 Å². The van der Waals surface area contributed by atoms with E-state index in [0.29, 0.717) is 55.0 Å². The van der Waals surface area contributed by atoms with Crippen LogP contribution in [0.4, 0.5) is 13.2 Å². The van der Waals surface area contributed by atoms with Crippen molar-refractivity contribution in [3.05, 3.63) is 41.7 Å². The average molecular weight is 549 g/mol. The summed E-state index contributed by atoms with van der Waals surface area (Å²) in [7, 11) is 3.11. The van der Waals surface area contributed by atoms with Crippen LogP contribution < -0.4 is 14.8 Å². The van der Waals surface area contributed by atoms with Gasteiger partial charge in [-0.3, -0.25) is 9.59 Å². The molecule has 12 heteroatoms. The van der Waals surface area contributed by atoms with Gasteiger partial charge in [0.15, 0.2) is 18.1 Å². The smallest absolute Gasteiger partial charge is 0.422 e. The summed E-state index contributed by atoms with van der Waals surface area (Å²) in [6.07, 6.45) is -3.19. The highest BCUT2D eigenvalue weighted by Gasteiger charge is 2.33. The number of amides is 2. The van der Waals surface area contributed by atoms with Gasteiger partial charge in [0, 0.05) is 31.7 Å². The highest BCUT2D eigenvalue weighted by atomic mass is 19.4. The van der Waals surface area contributed by atoms with E-state index in [0.717, 1.165) is 5.56 Å². The SMILES string of the molecule is CCc1nc2c(cc1-c1cccc(OC)c1)c(OCC(F)(F)F)c(C(=O)NC1CCN(C(=O)CO)CC1)n2C. The number of methoxy groups -OCH3 is 1. The van der Waals surface area contributed by atoms with Gasteiger partial charge in [0.2, 0.25) is 5.91 Å². The third-order valence-corrected chi connectivity index (χ3v) is 6.82. The summed E-state index contributed by atoms with van der Waals surface area (Å²) in [6.45, 7) is 0.462. The number of nitrogens with zero attached hydrogens (tertiary/aromatic N) is 3. The molecule has 0 saturated carbocycles. The fourth-order valence-electron chi connectivity index (χ4n) is 4.84. The Bertz CT molecular complexity index is 1360. The number of benzene rings is 1. The van der Waals surface area contributed by atoms with E-state index < -0.39 is 25.3 Å². The van der Waals surface area contributed by atoms with Gasteiger partial charge in [-0.25, -0.2) is 4.98 Å². The molecule has 9 nitrogen and oxygen atoms in total. The van der Waals surface area contributed by atoms with Gasteiger partial charge in [-0.05, 0) is 43.0 Å². The molecule has 1 saturated heterocycles. The van der Waals surface area contributed by atoms with E-state index in [9.17, 15) is 22.8 Å². The van der Waals surface area contributed by atoms with E-state index in [2.05, 4.69) is 5.32 Å². The number of rotatable bonds is 8. The van der Waals surface area contributed by atoms with Crippen LogP contribution in [0.2, 0.25) is 0 Å². The molecule has 1 fully saturated rings. The highest BCUT2D eigenvalue weighted by Crippen LogP contribution is 2.38. The van der Waals surface area contributed by atoms with Gasteiger partial charge in [0.05, 0.1) is 18.2 Å². The summed E-state index contributed by atoms with van der Waals surface area (Å²) in [5.74, 6) is -0.570. The van der Waals surface area contributed by atoms with Crippen LogP contribution in [0.5, 0.6) is 11.5 Å². The Morgan fingerprint density at radius 2 is 1.92 bits per heavy atom. The summed E-state index contributed by atoms with van der Waals surface area (Å²) in [4.78, 5) is 31.4. The maximum atomic E-state index is 13.5. The van der Waals surface area contributed by atoms with Crippen molar-refractivity contribution < 1.29 is 37.3 Å². The quantitative estimate of drug-likeness (QED) is 0.447. The van der Waals surface area contributed by atoms with Gasteiger partial charge in [0.25, 0.3) is 5.91 Å². The Labute approximate surface area is 223 Å². The van der Waals surface area contributed by atoms with E-state index in [-0.39, 0.29) is 28.8 Å². The molecule has 2 amide bonds. The summed E-state index contributed by atoms with van der Waals surface area (Å²) in [6, 6.07) is 8.65. The third kappa shape index (κ3) is 6.11. The van der Waals surface area contributed by atoms with Crippen molar-refractivity contribution in [3.8, 4) is 22.6 Å². The van der Waals surface area contributed by atoms with Crippen LogP contribution in [0.1, 0.15) is 35.9 Å². The van der Waals surface area contributed by atoms with E-state index >= 15 is 0 Å². The number of hydrogen-bond donors (Lipinski definition) is 2. The van der Waals surface area contributed by atoms with Gasteiger partial charge < -0.3 is 29.4 Å². The van der Waals surface area contributed by atoms with Crippen molar-refractivity contribution in [2.24, 2.45) is 7.05 Å². The molecule has 0 bridgehead atoms. The van der Waals surface area contributed by atoms with Crippen molar-refractivity contribution in [2.75, 3.05) is 33.4 Å². The number of carbonyl (C=O) groups excluding carboxylic acids is 2. The zero-order valence-electron chi connectivity index (χ0n) is 22.0. The maximum absolute atomic E-state index is 13.5. The number of piperidine rings is 1. The monoisotopic (exact) mass is 548 g/mol. The largest absolute Gasteiger partial charge is 0.497 e. The summed E-state index contributed by atoms with van der Waals surface area (Å²) in [5.41, 5.74) is 2.41. The Balaban J connectivity index is 1.75. The first-order valence-electron chi connectivity index (χ1n) is 12.6. The molecule has 0 spiro atoms. The number of fused-ring (bicyclic) bond motifs is 1. The molecule has 0 radical (unpaired) electrons. The van der Waals surface area contributed by atoms with Gasteiger partial charge >= 0.3 is 6.18 Å². The van der Waals surface area contributed by atoms with Crippen LogP contribution in [0.3, 0.4) is 0 Å². The van der Waals surface area contributed by atoms with Crippen molar-refractivity contribution in [1.82, 2.24) is 19.8 Å². The number of carbonyl (C=O) groups is 2. The second kappa shape index (κ2) is 11.5. The molecule has 0 atom stereocenters. The molecule has 0 unspecified atom stereocenters. The van der Waals surface area contributed by atoms with Crippen LogP contribution >= 0.6 is 0 Å². The Kier molecular flexibility index (Phi) is 8.34. The molecular weight excluding hydrogens is 517 g/mol. The van der Waals surface area contributed by atoms with Crippen LogP contribution in [0.25, 0.3) is 22.2 Å². The van der Waals surface area contributed by atoms with Crippen LogP contribution in [0.15, 0.2) is 30.3 Å². The molecule has 1 aromatic carbocycles. The van der Waals surface area contributed by atoms with Gasteiger partial charge in [-0.2, -0.15) is 13.2 Å². The number of hydrogen-bond acceptors (Lipinski definition) is 6. The molecule has 210 valence electrons. The lowest BCUT2D eigenvalue weighted by atomic mass is 10.0. The average Bonchev–Trinajstić information content (AvgIpc) is 3.21. The van der Waals surface area contributed by atoms with Crippen LogP contribution in [-0.2, 0) is 18.3 Å². The number of halogens is 3. The lowest BCUT2D eigenvalue weighted by Gasteiger charge is -2.32. The maximum Gasteiger partial charge on any atom is 0.422 e. The third-order valence-electron chi connectivity index (χ3n) is 6.82. The normalized spacial score (nSPS) is 14.5. The molecule has 4 rings (SSSR count). The summed E-state index contributed by atoms with van der Waals surface area (Å²) >= 11 is 0. The zero-order valence-corrected chi connectivity index (χ0v) is 22.0. The molecular formula is C27H31F3N4O5. The number of aliphatic hydroxyl groups excluding tert-OH is 1. The molecule has 1 aliphatic rings. The lowest BCUT2D eigenvalue weighted by Crippen LogP contribution is -2.47. The fraction of sp³-hybridized carbons (Fsp3) is 0.444. The number of aryl methyl sites for hydroxylation is 2. The Morgan fingerprint density at radius 1 is 1.21 bits per heavy atom. The van der Waals surface area contributed by atoms with Crippen LogP contribution in [0, 0.1) is 0 Å². The molecule has 3 heterocycles. The summed E-state index contributed by atoms with van der Waals surface area (Å²) in [5, 5.41) is 12.2.